The molecule has 2 fully saturated rings. The van der Waals surface area contributed by atoms with E-state index in [1.54, 1.807) is 6.20 Å². The highest BCUT2D eigenvalue weighted by molar-refractivity contribution is 7.15. The maximum Gasteiger partial charge on any atom is 0.212 e. The molecule has 2 aromatic carbocycles. The molecule has 34 heavy (non-hydrogen) atoms. The molecule has 0 radical (unpaired) electrons. The molecule has 2 aliphatic carbocycles. The molecule has 0 amide bonds. The van der Waals surface area contributed by atoms with Gasteiger partial charge >= 0.3 is 0 Å². The highest BCUT2D eigenvalue weighted by Crippen LogP contribution is 2.62. The van der Waals surface area contributed by atoms with E-state index in [9.17, 15) is 4.79 Å². The van der Waals surface area contributed by atoms with Crippen molar-refractivity contribution >= 4 is 34.0 Å². The van der Waals surface area contributed by atoms with Gasteiger partial charge in [-0.3, -0.25) is 9.78 Å². The van der Waals surface area contributed by atoms with Gasteiger partial charge in [0.15, 0.2) is 5.54 Å². The van der Waals surface area contributed by atoms with Gasteiger partial charge in [0.05, 0.1) is 27.1 Å². The van der Waals surface area contributed by atoms with Crippen LogP contribution in [0.5, 0.6) is 0 Å². The summed E-state index contributed by atoms with van der Waals surface area (Å²) in [7, 11) is 0. The molecule has 4 atom stereocenters. The number of fused-ring (bicyclic) bond motifs is 2. The van der Waals surface area contributed by atoms with E-state index in [1.165, 1.54) is 11.3 Å². The Balaban J connectivity index is 1.31. The molecule has 2 N–H and O–H groups in total. The van der Waals surface area contributed by atoms with Crippen LogP contribution in [0.3, 0.4) is 0 Å². The Morgan fingerprint density at radius 3 is 2.71 bits per heavy atom. The van der Waals surface area contributed by atoms with Crippen LogP contribution in [0.25, 0.3) is 21.5 Å². The number of rotatable bonds is 7. The third-order valence-corrected chi connectivity index (χ3v) is 8.23. The summed E-state index contributed by atoms with van der Waals surface area (Å²) in [4.78, 5) is 28.7. The van der Waals surface area contributed by atoms with Crippen molar-refractivity contribution in [1.82, 2.24) is 15.0 Å². The molecule has 6 rings (SSSR count). The van der Waals surface area contributed by atoms with E-state index in [-0.39, 0.29) is 11.7 Å². The number of carbonyl (C=O) groups excluding carboxylic acids is 1. The zero-order valence-electron chi connectivity index (χ0n) is 18.7. The number of hydrogen-bond donors (Lipinski definition) is 2. The lowest BCUT2D eigenvalue weighted by Crippen LogP contribution is -2.45. The maximum absolute atomic E-state index is 14.0. The van der Waals surface area contributed by atoms with E-state index in [2.05, 4.69) is 25.4 Å². The van der Waals surface area contributed by atoms with Gasteiger partial charge < -0.3 is 5.32 Å². The minimum absolute atomic E-state index is 0.0820. The number of carbonyl (C=O) groups is 1. The van der Waals surface area contributed by atoms with Crippen LogP contribution >= 0.6 is 11.3 Å². The summed E-state index contributed by atoms with van der Waals surface area (Å²) in [5, 5.41) is 8.29. The van der Waals surface area contributed by atoms with Crippen molar-refractivity contribution in [1.29, 1.82) is 5.53 Å². The Labute approximate surface area is 201 Å². The zero-order valence-corrected chi connectivity index (χ0v) is 19.5. The summed E-state index contributed by atoms with van der Waals surface area (Å²) in [5.74, 6) is 1.28. The molecule has 0 saturated heterocycles. The van der Waals surface area contributed by atoms with Crippen molar-refractivity contribution in [3.05, 3.63) is 71.5 Å². The molecule has 2 aromatic heterocycles. The van der Waals surface area contributed by atoms with E-state index in [0.717, 1.165) is 32.9 Å². The second-order valence-corrected chi connectivity index (χ2v) is 10.4. The predicted molar refractivity (Wildman–Crippen MR) is 132 cm³/mol. The van der Waals surface area contributed by atoms with Gasteiger partial charge in [-0.1, -0.05) is 42.5 Å². The fourth-order valence-electron chi connectivity index (χ4n) is 5.49. The number of para-hydroxylation sites is 2. The van der Waals surface area contributed by atoms with Crippen molar-refractivity contribution in [2.24, 2.45) is 22.9 Å². The lowest BCUT2D eigenvalue weighted by molar-refractivity contribution is 0.0821. The van der Waals surface area contributed by atoms with Crippen LogP contribution < -0.4 is 5.32 Å². The van der Waals surface area contributed by atoms with Crippen LogP contribution in [-0.2, 0) is 0 Å². The SMILES string of the molecule is Cc1nc(C(=O)C2(N=N)CC3CC3C2CNc2cnc3ccccc3n2)c(-c2ccccc2)s1. The molecular formula is C26H24N6OS. The van der Waals surface area contributed by atoms with Gasteiger partial charge in [-0.25, -0.2) is 15.5 Å². The number of ketones is 1. The normalized spacial score (nSPS) is 25.1. The van der Waals surface area contributed by atoms with Gasteiger partial charge in [0.1, 0.15) is 11.5 Å². The first-order valence-corrected chi connectivity index (χ1v) is 12.3. The molecule has 2 aliphatic rings. The van der Waals surface area contributed by atoms with Crippen molar-refractivity contribution in [3.8, 4) is 10.4 Å². The Hall–Kier alpha value is -3.52. The molecule has 8 heteroatoms. The first kappa shape index (κ1) is 21.0. The van der Waals surface area contributed by atoms with Crippen molar-refractivity contribution in [3.63, 3.8) is 0 Å². The fourth-order valence-corrected chi connectivity index (χ4v) is 6.41. The summed E-state index contributed by atoms with van der Waals surface area (Å²) < 4.78 is 0. The Bertz CT molecular complexity index is 1400. The number of aryl methyl sites for hydroxylation is 1. The standard InChI is InChI=1S/C26H24N6OS/c1-15-30-23(24(34-15)16-7-3-2-4-8-16)25(33)26(32-27)12-17-11-18(17)19(26)13-29-22-14-28-20-9-5-6-10-21(20)31-22/h2-10,14,17-19,27H,11-13H2,1H3,(H,29,31). The predicted octanol–water partition coefficient (Wildman–Crippen LogP) is 5.78. The van der Waals surface area contributed by atoms with Crippen LogP contribution in [0.2, 0.25) is 0 Å². The molecule has 2 heterocycles. The lowest BCUT2D eigenvalue weighted by Gasteiger charge is -2.31. The first-order valence-electron chi connectivity index (χ1n) is 11.5. The summed E-state index contributed by atoms with van der Waals surface area (Å²) in [6.45, 7) is 2.44. The topological polar surface area (TPSA) is 104 Å². The van der Waals surface area contributed by atoms with Crippen molar-refractivity contribution < 1.29 is 4.79 Å². The molecule has 170 valence electrons. The average Bonchev–Trinajstić information content (AvgIpc) is 3.40. The van der Waals surface area contributed by atoms with Crippen LogP contribution in [-0.4, -0.2) is 32.8 Å². The first-order chi connectivity index (χ1) is 16.6. The van der Waals surface area contributed by atoms with E-state index in [4.69, 9.17) is 5.53 Å². The van der Waals surface area contributed by atoms with Crippen LogP contribution in [0, 0.1) is 30.2 Å². The average molecular weight is 469 g/mol. The molecule has 2 saturated carbocycles. The number of nitrogens with one attached hydrogen (secondary N) is 2. The highest BCUT2D eigenvalue weighted by atomic mass is 32.1. The Morgan fingerprint density at radius 2 is 1.91 bits per heavy atom. The monoisotopic (exact) mass is 468 g/mol. The number of benzene rings is 2. The molecule has 4 aromatic rings. The van der Waals surface area contributed by atoms with E-state index < -0.39 is 5.54 Å². The van der Waals surface area contributed by atoms with Gasteiger partial charge in [-0.05, 0) is 49.3 Å². The summed E-state index contributed by atoms with van der Waals surface area (Å²) in [6, 6.07) is 17.6. The molecule has 0 aliphatic heterocycles. The van der Waals surface area contributed by atoms with Gasteiger partial charge in [0.2, 0.25) is 5.78 Å². The fraction of sp³-hybridized carbons (Fsp3) is 0.308. The van der Waals surface area contributed by atoms with Crippen molar-refractivity contribution in [2.45, 2.75) is 25.3 Å². The van der Waals surface area contributed by atoms with E-state index in [0.29, 0.717) is 36.3 Å². The van der Waals surface area contributed by atoms with Gasteiger partial charge in [0, 0.05) is 12.5 Å². The van der Waals surface area contributed by atoms with Crippen LogP contribution in [0.4, 0.5) is 5.82 Å². The number of Topliss-reactive ketones (excluding diaryl/α,β-unsaturated/α-hetero) is 1. The smallest absolute Gasteiger partial charge is 0.212 e. The number of nitrogens with zero attached hydrogens (tertiary/aromatic N) is 4. The maximum atomic E-state index is 14.0. The summed E-state index contributed by atoms with van der Waals surface area (Å²) >= 11 is 1.52. The van der Waals surface area contributed by atoms with Gasteiger partial charge in [-0.2, -0.15) is 5.11 Å². The molecule has 0 spiro atoms. The Morgan fingerprint density at radius 1 is 1.15 bits per heavy atom. The summed E-state index contributed by atoms with van der Waals surface area (Å²) in [5.41, 5.74) is 10.2. The minimum atomic E-state index is -1.09. The molecular weight excluding hydrogens is 444 g/mol. The molecule has 0 bridgehead atoms. The van der Waals surface area contributed by atoms with E-state index in [1.807, 2.05) is 61.5 Å². The minimum Gasteiger partial charge on any atom is -0.368 e. The lowest BCUT2D eigenvalue weighted by atomic mass is 9.78. The second kappa shape index (κ2) is 8.06. The van der Waals surface area contributed by atoms with Gasteiger partial charge in [-0.15, -0.1) is 11.3 Å². The zero-order chi connectivity index (χ0) is 23.3. The number of anilines is 1. The van der Waals surface area contributed by atoms with Crippen LogP contribution in [0.1, 0.15) is 28.3 Å². The van der Waals surface area contributed by atoms with Gasteiger partial charge in [0.25, 0.3) is 0 Å². The highest BCUT2D eigenvalue weighted by Gasteiger charge is 2.65. The number of hydrogen-bond acceptors (Lipinski definition) is 8. The third kappa shape index (κ3) is 3.40. The Kier molecular flexibility index (Phi) is 4.99. The second-order valence-electron chi connectivity index (χ2n) is 9.24. The molecule has 4 unspecified atom stereocenters. The number of thiazole rings is 1. The number of aromatic nitrogens is 3. The van der Waals surface area contributed by atoms with Crippen LogP contribution in [0.15, 0.2) is 65.9 Å². The summed E-state index contributed by atoms with van der Waals surface area (Å²) in [6.07, 6.45) is 3.42. The van der Waals surface area contributed by atoms with E-state index >= 15 is 0 Å². The quantitative estimate of drug-likeness (QED) is 0.264. The largest absolute Gasteiger partial charge is 0.368 e. The third-order valence-electron chi connectivity index (χ3n) is 7.21. The molecule has 7 nitrogen and oxygen atoms in total. The van der Waals surface area contributed by atoms with Crippen molar-refractivity contribution in [2.75, 3.05) is 11.9 Å².